The number of ketones is 1. The molecule has 2 atom stereocenters. The molecule has 32 heavy (non-hydrogen) atoms. The summed E-state index contributed by atoms with van der Waals surface area (Å²) in [5.74, 6) is 0.997. The van der Waals surface area contributed by atoms with E-state index in [0.717, 1.165) is 37.7 Å². The zero-order chi connectivity index (χ0) is 22.8. The summed E-state index contributed by atoms with van der Waals surface area (Å²) in [7, 11) is -2.59. The second kappa shape index (κ2) is 9.33. The van der Waals surface area contributed by atoms with E-state index in [-0.39, 0.29) is 11.0 Å². The third-order valence-electron chi connectivity index (χ3n) is 7.37. The van der Waals surface area contributed by atoms with E-state index in [4.69, 9.17) is 4.43 Å². The first kappa shape index (κ1) is 22.9. The molecule has 0 unspecified atom stereocenters. The molecule has 0 heterocycles. The molecule has 2 aromatic carbocycles. The molecular weight excluding hydrogens is 408 g/mol. The van der Waals surface area contributed by atoms with E-state index in [1.165, 1.54) is 15.9 Å². The van der Waals surface area contributed by atoms with Crippen LogP contribution in [-0.4, -0.2) is 20.7 Å². The first-order valence-electron chi connectivity index (χ1n) is 12.0. The molecule has 4 rings (SSSR count). The Morgan fingerprint density at radius 2 is 1.53 bits per heavy atom. The van der Waals surface area contributed by atoms with E-state index < -0.39 is 8.32 Å². The van der Waals surface area contributed by atoms with Gasteiger partial charge in [-0.25, -0.2) is 0 Å². The predicted octanol–water partition coefficient (Wildman–Crippen LogP) is 5.82. The van der Waals surface area contributed by atoms with Crippen molar-refractivity contribution in [2.75, 3.05) is 6.61 Å². The van der Waals surface area contributed by atoms with Crippen LogP contribution in [0.5, 0.6) is 0 Å². The average Bonchev–Trinajstić information content (AvgIpc) is 2.75. The molecule has 2 aliphatic carbocycles. The highest BCUT2D eigenvalue weighted by molar-refractivity contribution is 6.99. The summed E-state index contributed by atoms with van der Waals surface area (Å²) in [6.45, 7) is 11.9. The lowest BCUT2D eigenvalue weighted by Gasteiger charge is -2.44. The van der Waals surface area contributed by atoms with Gasteiger partial charge in [0.05, 0.1) is 6.61 Å². The minimum atomic E-state index is -2.59. The van der Waals surface area contributed by atoms with Gasteiger partial charge in [0.25, 0.3) is 8.32 Å². The Hall–Kier alpha value is -2.23. The first-order valence-corrected chi connectivity index (χ1v) is 13.9. The summed E-state index contributed by atoms with van der Waals surface area (Å²) in [6.07, 6.45) is 7.12. The highest BCUT2D eigenvalue weighted by atomic mass is 28.4. The maximum absolute atomic E-state index is 12.5. The summed E-state index contributed by atoms with van der Waals surface area (Å²) in [6, 6.07) is 21.5. The van der Waals surface area contributed by atoms with Crippen LogP contribution in [-0.2, 0) is 9.22 Å². The molecule has 0 amide bonds. The van der Waals surface area contributed by atoms with E-state index in [1.54, 1.807) is 0 Å². The number of hydrogen-bond acceptors (Lipinski definition) is 2. The number of hydrogen-bond donors (Lipinski definition) is 0. The maximum atomic E-state index is 12.5. The molecule has 1 saturated carbocycles. The number of carbonyl (C=O) groups excluding carboxylic acids is 1. The Kier molecular flexibility index (Phi) is 6.69. The van der Waals surface area contributed by atoms with Crippen LogP contribution in [0.1, 0.15) is 52.9 Å². The van der Waals surface area contributed by atoms with Crippen molar-refractivity contribution >= 4 is 24.5 Å². The van der Waals surface area contributed by atoms with Crippen LogP contribution in [0.15, 0.2) is 84.5 Å². The largest absolute Gasteiger partial charge is 0.403 e. The summed E-state index contributed by atoms with van der Waals surface area (Å²) >= 11 is 0. The number of fused-ring (bicyclic) bond motifs is 1. The fourth-order valence-corrected chi connectivity index (χ4v) is 10.1. The van der Waals surface area contributed by atoms with Crippen molar-refractivity contribution in [3.8, 4) is 0 Å². The van der Waals surface area contributed by atoms with Gasteiger partial charge >= 0.3 is 0 Å². The topological polar surface area (TPSA) is 26.3 Å². The van der Waals surface area contributed by atoms with Gasteiger partial charge in [0.2, 0.25) is 0 Å². The molecule has 0 N–H and O–H groups in total. The van der Waals surface area contributed by atoms with Crippen molar-refractivity contribution in [1.82, 2.24) is 0 Å². The molecule has 0 saturated heterocycles. The highest BCUT2D eigenvalue weighted by Gasteiger charge is 2.50. The summed E-state index contributed by atoms with van der Waals surface area (Å²) in [5.41, 5.74) is 2.34. The Bertz CT molecular complexity index is 945. The van der Waals surface area contributed by atoms with Crippen molar-refractivity contribution in [2.24, 2.45) is 11.8 Å². The normalized spacial score (nSPS) is 23.2. The van der Waals surface area contributed by atoms with E-state index in [9.17, 15) is 4.79 Å². The molecule has 2 aromatic rings. The van der Waals surface area contributed by atoms with E-state index in [1.807, 2.05) is 0 Å². The van der Waals surface area contributed by atoms with Crippen LogP contribution in [0.3, 0.4) is 0 Å². The van der Waals surface area contributed by atoms with Crippen molar-refractivity contribution < 1.29 is 9.22 Å². The molecule has 1 fully saturated rings. The van der Waals surface area contributed by atoms with Crippen molar-refractivity contribution in [3.63, 3.8) is 0 Å². The third-order valence-corrected chi connectivity index (χ3v) is 12.3. The summed E-state index contributed by atoms with van der Waals surface area (Å²) in [4.78, 5) is 12.5. The van der Waals surface area contributed by atoms with Crippen LogP contribution < -0.4 is 10.4 Å². The SMILES string of the molecule is C=C(CO[Si](c1ccccc1)(c1ccccc1)C(C)(C)C)/C1=C/CCCC(=O)[C@H]2CC[C@H]12. The number of Topliss-reactive ketones (excluding diaryl/α,β-unsaturated/α-hetero) is 1. The maximum Gasteiger partial charge on any atom is 0.261 e. The summed E-state index contributed by atoms with van der Waals surface area (Å²) in [5, 5.41) is 2.52. The lowest BCUT2D eigenvalue weighted by molar-refractivity contribution is -0.127. The molecule has 0 spiro atoms. The van der Waals surface area contributed by atoms with Crippen molar-refractivity contribution in [3.05, 3.63) is 84.5 Å². The monoisotopic (exact) mass is 444 g/mol. The first-order chi connectivity index (χ1) is 15.3. The van der Waals surface area contributed by atoms with Gasteiger partial charge in [-0.15, -0.1) is 0 Å². The van der Waals surface area contributed by atoms with Gasteiger partial charge < -0.3 is 4.43 Å². The van der Waals surface area contributed by atoms with Gasteiger partial charge in [0.15, 0.2) is 0 Å². The number of rotatable bonds is 6. The van der Waals surface area contributed by atoms with E-state index in [2.05, 4.69) is 94.1 Å². The van der Waals surface area contributed by atoms with Crippen LogP contribution in [0.2, 0.25) is 5.04 Å². The van der Waals surface area contributed by atoms with Crippen molar-refractivity contribution in [2.45, 2.75) is 57.9 Å². The molecule has 0 radical (unpaired) electrons. The minimum Gasteiger partial charge on any atom is -0.403 e. The molecule has 168 valence electrons. The second-order valence-corrected chi connectivity index (χ2v) is 14.7. The lowest BCUT2D eigenvalue weighted by Crippen LogP contribution is -2.66. The van der Waals surface area contributed by atoms with Crippen molar-refractivity contribution in [1.29, 1.82) is 0 Å². The van der Waals surface area contributed by atoms with Gasteiger partial charge in [0, 0.05) is 12.3 Å². The van der Waals surface area contributed by atoms with Crippen LogP contribution in [0, 0.1) is 11.8 Å². The quantitative estimate of drug-likeness (QED) is 0.524. The van der Waals surface area contributed by atoms with Crippen LogP contribution >= 0.6 is 0 Å². The Balaban J connectivity index is 1.68. The Morgan fingerprint density at radius 1 is 0.969 bits per heavy atom. The van der Waals surface area contributed by atoms with Crippen LogP contribution in [0.25, 0.3) is 0 Å². The third kappa shape index (κ3) is 4.21. The second-order valence-electron chi connectivity index (χ2n) is 10.4. The van der Waals surface area contributed by atoms with E-state index in [0.29, 0.717) is 18.3 Å². The number of benzene rings is 2. The number of carbonyl (C=O) groups is 1. The smallest absolute Gasteiger partial charge is 0.261 e. The molecule has 0 aliphatic heterocycles. The van der Waals surface area contributed by atoms with Gasteiger partial charge in [0.1, 0.15) is 5.78 Å². The Labute approximate surface area is 194 Å². The fourth-order valence-electron chi connectivity index (χ4n) is 5.58. The fraction of sp³-hybridized carbons (Fsp3) is 0.414. The predicted molar refractivity (Wildman–Crippen MR) is 136 cm³/mol. The number of allylic oxidation sites excluding steroid dienone is 1. The van der Waals surface area contributed by atoms with Gasteiger partial charge in [-0.2, -0.15) is 0 Å². The average molecular weight is 445 g/mol. The van der Waals surface area contributed by atoms with E-state index >= 15 is 0 Å². The van der Waals surface area contributed by atoms with Gasteiger partial charge in [-0.1, -0.05) is 94.1 Å². The van der Waals surface area contributed by atoms with Gasteiger partial charge in [-0.3, -0.25) is 4.79 Å². The molecule has 0 aromatic heterocycles. The zero-order valence-electron chi connectivity index (χ0n) is 19.8. The molecule has 2 nitrogen and oxygen atoms in total. The summed E-state index contributed by atoms with van der Waals surface area (Å²) < 4.78 is 7.10. The van der Waals surface area contributed by atoms with Crippen LogP contribution in [0.4, 0.5) is 0 Å². The highest BCUT2D eigenvalue weighted by Crippen LogP contribution is 2.45. The molecule has 2 aliphatic rings. The lowest BCUT2D eigenvalue weighted by atomic mass is 9.64. The molecule has 0 bridgehead atoms. The Morgan fingerprint density at radius 3 is 2.03 bits per heavy atom. The zero-order valence-corrected chi connectivity index (χ0v) is 20.8. The molecular formula is C29H36O2Si. The molecule has 3 heteroatoms. The minimum absolute atomic E-state index is 0.0553. The van der Waals surface area contributed by atoms with Gasteiger partial charge in [-0.05, 0) is 58.2 Å². The standard InChI is InChI=1S/C29H36O2Si/c1-22(25-17-11-12-18-28(30)27-20-19-26(25)27)21-31-32(29(2,3)4,23-13-7-5-8-14-23)24-15-9-6-10-16-24/h5-10,13-17,26-27H,1,11-12,18-21H2,2-4H3/b25-17-/t26-,27+/m1/s1.